The van der Waals surface area contributed by atoms with Crippen molar-refractivity contribution in [3.05, 3.63) is 33.1 Å². The average Bonchev–Trinajstić information content (AvgIpc) is 3.61. The molecule has 6 amide bonds. The van der Waals surface area contributed by atoms with Gasteiger partial charge in [-0.1, -0.05) is 0 Å². The number of carboxylic acid groups (broad SMARTS) is 2. The molecule has 0 bridgehead atoms. The second-order valence-corrected chi connectivity index (χ2v) is 20.5. The van der Waals surface area contributed by atoms with Gasteiger partial charge in [0, 0.05) is 25.6 Å². The Kier molecular flexibility index (Phi) is 25.1. The Balaban J connectivity index is 1.65. The highest BCUT2D eigenvalue weighted by Crippen LogP contribution is 2.61. The minimum Gasteiger partial charge on any atom is -0.480 e. The maximum atomic E-state index is 13.4. The van der Waals surface area contributed by atoms with Crippen molar-refractivity contribution in [2.24, 2.45) is 5.73 Å². The molecular formula is C40H65N9O26P2. The summed E-state index contributed by atoms with van der Waals surface area (Å²) in [6.07, 6.45) is -16.4. The Bertz CT molecular complexity index is 2480. The normalized spacial score (nSPS) is 26.2. The van der Waals surface area contributed by atoms with Crippen molar-refractivity contribution in [2.45, 2.75) is 158 Å². The third kappa shape index (κ3) is 20.0. The molecule has 1 aromatic rings. The third-order valence-corrected chi connectivity index (χ3v) is 14.0. The SMILES string of the molecule is CC(=O)NC1C(OP(=O)(O)OP(=O)(O)OCC2OC(n3ccc(=O)[nH]c3=O)C(O)C2O)OC(CO)C(O)C1OC(C)C(=O)NC(C)C(=O)NC(CCC(=O)NC(CCCCN)C(=O)NC(C)C(=O)NC(C)C(=O)O)C(=O)O. The van der Waals surface area contributed by atoms with Crippen LogP contribution in [-0.4, -0.2) is 202 Å². The van der Waals surface area contributed by atoms with Crippen LogP contribution < -0.4 is 48.9 Å². The van der Waals surface area contributed by atoms with Crippen molar-refractivity contribution in [1.82, 2.24) is 41.5 Å². The number of aliphatic hydroxyl groups excluding tert-OH is 4. The number of H-pyrrole nitrogens is 1. The van der Waals surface area contributed by atoms with E-state index in [0.29, 0.717) is 17.4 Å². The molecule has 17 atom stereocenters. The van der Waals surface area contributed by atoms with Crippen LogP contribution in [0.1, 0.15) is 73.0 Å². The molecule has 0 saturated carbocycles. The maximum Gasteiger partial charge on any atom is 0.483 e. The summed E-state index contributed by atoms with van der Waals surface area (Å²) >= 11 is 0. The fourth-order valence-electron chi connectivity index (χ4n) is 7.24. The summed E-state index contributed by atoms with van der Waals surface area (Å²) in [4.78, 5) is 147. The van der Waals surface area contributed by atoms with Crippen molar-refractivity contribution in [1.29, 1.82) is 0 Å². The summed E-state index contributed by atoms with van der Waals surface area (Å²) in [6.45, 7) is 3.53. The van der Waals surface area contributed by atoms with E-state index in [-0.39, 0.29) is 13.0 Å². The number of phosphoric acid groups is 2. The number of ether oxygens (including phenoxy) is 3. The predicted molar refractivity (Wildman–Crippen MR) is 253 cm³/mol. The first-order valence-corrected chi connectivity index (χ1v) is 26.4. The van der Waals surface area contributed by atoms with Crippen molar-refractivity contribution < 1.29 is 115 Å². The number of hydrogen-bond donors (Lipinski definition) is 16. The molecule has 1 aromatic heterocycles. The minimum absolute atomic E-state index is 0.0339. The molecule has 0 radical (unpaired) electrons. The van der Waals surface area contributed by atoms with Crippen LogP contribution in [0, 0.1) is 0 Å². The van der Waals surface area contributed by atoms with E-state index in [0.717, 1.165) is 33.0 Å². The van der Waals surface area contributed by atoms with Crippen LogP contribution in [0.15, 0.2) is 21.9 Å². The zero-order valence-electron chi connectivity index (χ0n) is 41.8. The van der Waals surface area contributed by atoms with E-state index in [1.807, 2.05) is 4.98 Å². The summed E-state index contributed by atoms with van der Waals surface area (Å²) in [5.74, 6) is -8.67. The van der Waals surface area contributed by atoms with Gasteiger partial charge in [-0.25, -0.2) is 18.7 Å². The second-order valence-electron chi connectivity index (χ2n) is 17.5. The topological polar surface area (TPSA) is 541 Å². The molecule has 436 valence electrons. The number of phosphoric ester groups is 2. The Morgan fingerprint density at radius 2 is 1.38 bits per heavy atom. The van der Waals surface area contributed by atoms with Gasteiger partial charge in [-0.05, 0) is 59.9 Å². The van der Waals surface area contributed by atoms with Gasteiger partial charge in [-0.2, -0.15) is 4.31 Å². The molecule has 3 rings (SSSR count). The lowest BCUT2D eigenvalue weighted by molar-refractivity contribution is -0.261. The lowest BCUT2D eigenvalue weighted by Gasteiger charge is -2.44. The van der Waals surface area contributed by atoms with Gasteiger partial charge in [-0.15, -0.1) is 0 Å². The van der Waals surface area contributed by atoms with Crippen LogP contribution in [-0.2, 0) is 75.1 Å². The number of nitrogens with zero attached hydrogens (tertiary/aromatic N) is 1. The number of aliphatic carboxylic acids is 2. The Morgan fingerprint density at radius 3 is 1.95 bits per heavy atom. The molecule has 37 heteroatoms. The highest BCUT2D eigenvalue weighted by Gasteiger charge is 2.52. The van der Waals surface area contributed by atoms with Crippen LogP contribution in [0.4, 0.5) is 0 Å². The number of aromatic nitrogens is 2. The van der Waals surface area contributed by atoms with Crippen LogP contribution >= 0.6 is 15.6 Å². The lowest BCUT2D eigenvalue weighted by Crippen LogP contribution is -2.66. The number of carbonyl (C=O) groups excluding carboxylic acids is 6. The van der Waals surface area contributed by atoms with Crippen LogP contribution in [0.2, 0.25) is 0 Å². The van der Waals surface area contributed by atoms with Crippen LogP contribution in [0.25, 0.3) is 0 Å². The number of unbranched alkanes of at least 4 members (excludes halogenated alkanes) is 1. The molecule has 2 aliphatic rings. The first kappa shape index (κ1) is 65.7. The first-order valence-electron chi connectivity index (χ1n) is 23.4. The van der Waals surface area contributed by atoms with Gasteiger partial charge in [0.05, 0.1) is 13.2 Å². The zero-order chi connectivity index (χ0) is 58.3. The summed E-state index contributed by atoms with van der Waals surface area (Å²) in [5.41, 5.74) is 3.66. The van der Waals surface area contributed by atoms with Gasteiger partial charge in [0.1, 0.15) is 79.0 Å². The van der Waals surface area contributed by atoms with E-state index >= 15 is 0 Å². The summed E-state index contributed by atoms with van der Waals surface area (Å²) in [6, 6.07) is -8.13. The number of aliphatic hydroxyl groups is 4. The van der Waals surface area contributed by atoms with E-state index < -0.39 is 192 Å². The monoisotopic (exact) mass is 1150 g/mol. The highest BCUT2D eigenvalue weighted by molar-refractivity contribution is 7.61. The van der Waals surface area contributed by atoms with Gasteiger partial charge in [0.25, 0.3) is 5.56 Å². The third-order valence-electron chi connectivity index (χ3n) is 11.4. The number of nitrogens with one attached hydrogen (secondary N) is 7. The van der Waals surface area contributed by atoms with Crippen molar-refractivity contribution >= 4 is 63.0 Å². The summed E-state index contributed by atoms with van der Waals surface area (Å²) in [5, 5.41) is 74.4. The number of carbonyl (C=O) groups is 8. The first-order chi connectivity index (χ1) is 35.8. The Morgan fingerprint density at radius 1 is 0.766 bits per heavy atom. The molecule has 2 saturated heterocycles. The van der Waals surface area contributed by atoms with E-state index in [1.54, 1.807) is 0 Å². The quantitative estimate of drug-likeness (QED) is 0.0251. The Hall–Kier alpha value is -5.62. The molecule has 2 aliphatic heterocycles. The number of nitrogens with two attached hydrogens (primary N) is 1. The van der Waals surface area contributed by atoms with E-state index in [9.17, 15) is 92.4 Å². The molecule has 17 N–H and O–H groups in total. The fourth-order valence-corrected chi connectivity index (χ4v) is 9.40. The summed E-state index contributed by atoms with van der Waals surface area (Å²) in [7, 11) is -11.7. The number of amides is 6. The molecule has 3 heterocycles. The minimum atomic E-state index is -5.95. The number of carboxylic acids is 2. The Labute approximate surface area is 436 Å². The van der Waals surface area contributed by atoms with Gasteiger partial charge in [0.15, 0.2) is 12.5 Å². The molecule has 2 fully saturated rings. The van der Waals surface area contributed by atoms with Crippen molar-refractivity contribution in [3.8, 4) is 0 Å². The van der Waals surface area contributed by atoms with Crippen LogP contribution in [0.5, 0.6) is 0 Å². The molecule has 0 aromatic carbocycles. The lowest BCUT2D eigenvalue weighted by atomic mass is 9.96. The molecule has 35 nitrogen and oxygen atoms in total. The zero-order valence-corrected chi connectivity index (χ0v) is 43.6. The molecular weight excluding hydrogens is 1080 g/mol. The smallest absolute Gasteiger partial charge is 0.480 e. The molecule has 17 unspecified atom stereocenters. The average molecular weight is 1150 g/mol. The van der Waals surface area contributed by atoms with Gasteiger partial charge in [0.2, 0.25) is 35.4 Å². The fraction of sp³-hybridized carbons (Fsp3) is 0.700. The number of rotatable bonds is 30. The predicted octanol–water partition coefficient (Wildman–Crippen LogP) is -6.68. The van der Waals surface area contributed by atoms with Gasteiger partial charge < -0.3 is 92.3 Å². The summed E-state index contributed by atoms with van der Waals surface area (Å²) < 4.78 is 57.0. The van der Waals surface area contributed by atoms with E-state index in [1.165, 1.54) is 13.8 Å². The molecule has 77 heavy (non-hydrogen) atoms. The molecule has 0 spiro atoms. The second kappa shape index (κ2) is 29.4. The standard InChI is InChI=1S/C40H65N9O26P2/c1-16(32(57)44-18(3)37(61)62)43-35(60)21(8-6-7-12-41)46-25(52)10-9-22(38(63)64)47-33(58)17(2)42-34(59)19(4)71-31-27(45-20(5)51)39(73-23(14-50)29(31)55)74-77(68,69)75-76(66,67)70-15-24-28(54)30(56)36(72-24)49-13-11-26(53)48-40(49)65/h11,13,16-19,21-24,27-31,36,39,50,54-56H,6-10,12,14-15,41H2,1-5H3,(H,42,59)(H,43,60)(H,44,57)(H,45,51)(H,46,52)(H,47,58)(H,61,62)(H,63,64)(H,66,67)(H,68,69)(H,48,53,65). The van der Waals surface area contributed by atoms with E-state index in [4.69, 9.17) is 29.6 Å². The van der Waals surface area contributed by atoms with Gasteiger partial charge in [-0.3, -0.25) is 57.0 Å². The van der Waals surface area contributed by atoms with Crippen molar-refractivity contribution in [3.63, 3.8) is 0 Å². The van der Waals surface area contributed by atoms with E-state index in [2.05, 4.69) is 40.7 Å². The highest BCUT2D eigenvalue weighted by atomic mass is 31.3. The van der Waals surface area contributed by atoms with Gasteiger partial charge >= 0.3 is 33.3 Å². The van der Waals surface area contributed by atoms with Crippen LogP contribution in [0.3, 0.4) is 0 Å². The number of hydrogen-bond acceptors (Lipinski definition) is 23. The maximum absolute atomic E-state index is 13.4. The largest absolute Gasteiger partial charge is 0.483 e. The molecule has 0 aliphatic carbocycles. The number of aromatic amines is 1. The van der Waals surface area contributed by atoms with Crippen molar-refractivity contribution in [2.75, 3.05) is 19.8 Å².